The van der Waals surface area contributed by atoms with Crippen molar-refractivity contribution in [2.24, 2.45) is 4.99 Å². The van der Waals surface area contributed by atoms with Crippen LogP contribution in [0.25, 0.3) is 0 Å². The number of guanidine groups is 1. The third kappa shape index (κ3) is 8.27. The van der Waals surface area contributed by atoms with Gasteiger partial charge in [0, 0.05) is 38.7 Å². The van der Waals surface area contributed by atoms with Crippen LogP contribution in [0, 0.1) is 0 Å². The number of hydrogen-bond donors (Lipinski definition) is 2. The minimum atomic E-state index is -4.41. The molecule has 0 bridgehead atoms. The molecule has 2 N–H and O–H groups in total. The molecule has 0 unspecified atom stereocenters. The highest BCUT2D eigenvalue weighted by Crippen LogP contribution is 2.17. The molecule has 1 aromatic heterocycles. The van der Waals surface area contributed by atoms with Crippen LogP contribution in [0.15, 0.2) is 52.5 Å². The molecule has 0 saturated heterocycles. The van der Waals surface area contributed by atoms with Gasteiger partial charge in [-0.1, -0.05) is 18.2 Å². The summed E-state index contributed by atoms with van der Waals surface area (Å²) in [5.41, 5.74) is 1.72. The number of aromatic nitrogens is 1. The summed E-state index contributed by atoms with van der Waals surface area (Å²) < 4.78 is 63.9. The molecule has 0 saturated carbocycles. The Kier molecular flexibility index (Phi) is 8.04. The molecule has 0 aliphatic carbocycles. The molecule has 2 aromatic rings. The summed E-state index contributed by atoms with van der Waals surface area (Å²) in [5, 5.41) is 6.21. The molecule has 30 heavy (non-hydrogen) atoms. The molecular formula is C19H23F3N4O3S. The van der Waals surface area contributed by atoms with Crippen molar-refractivity contribution in [2.45, 2.75) is 24.0 Å². The Bertz CT molecular complexity index is 944. The number of nitrogens with zero attached hydrogens (tertiary/aromatic N) is 2. The Balaban J connectivity index is 1.77. The van der Waals surface area contributed by atoms with E-state index in [0.717, 1.165) is 17.4 Å². The van der Waals surface area contributed by atoms with Gasteiger partial charge in [-0.05, 0) is 29.7 Å². The van der Waals surface area contributed by atoms with E-state index in [9.17, 15) is 21.6 Å². The Hall–Kier alpha value is -2.82. The van der Waals surface area contributed by atoms with Gasteiger partial charge in [0.2, 0.25) is 5.88 Å². The fraction of sp³-hybridized carbons (Fsp3) is 0.368. The quantitative estimate of drug-likeness (QED) is 0.480. The predicted molar refractivity (Wildman–Crippen MR) is 107 cm³/mol. The van der Waals surface area contributed by atoms with E-state index in [2.05, 4.69) is 25.3 Å². The average molecular weight is 444 g/mol. The van der Waals surface area contributed by atoms with Crippen molar-refractivity contribution in [3.8, 4) is 5.88 Å². The zero-order valence-corrected chi connectivity index (χ0v) is 17.3. The first kappa shape index (κ1) is 23.5. The van der Waals surface area contributed by atoms with Crippen molar-refractivity contribution in [1.82, 2.24) is 15.6 Å². The summed E-state index contributed by atoms with van der Waals surface area (Å²) in [6.45, 7) is -0.444. The van der Waals surface area contributed by atoms with Gasteiger partial charge in [0.25, 0.3) is 0 Å². The lowest BCUT2D eigenvalue weighted by Crippen LogP contribution is -2.37. The van der Waals surface area contributed by atoms with E-state index in [1.165, 1.54) is 12.3 Å². The van der Waals surface area contributed by atoms with Gasteiger partial charge in [-0.15, -0.1) is 0 Å². The fourth-order valence-corrected chi connectivity index (χ4v) is 3.02. The van der Waals surface area contributed by atoms with Crippen molar-refractivity contribution in [1.29, 1.82) is 0 Å². The molecule has 0 aliphatic rings. The highest BCUT2D eigenvalue weighted by molar-refractivity contribution is 7.90. The number of rotatable bonds is 8. The average Bonchev–Trinajstić information content (AvgIpc) is 2.69. The second-order valence-electron chi connectivity index (χ2n) is 6.43. The number of sulfone groups is 1. The highest BCUT2D eigenvalue weighted by Gasteiger charge is 2.28. The van der Waals surface area contributed by atoms with Crippen LogP contribution in [-0.2, 0) is 22.8 Å². The number of ether oxygens (including phenoxy) is 1. The Morgan fingerprint density at radius 3 is 2.30 bits per heavy atom. The molecule has 0 spiro atoms. The van der Waals surface area contributed by atoms with E-state index in [-0.39, 0.29) is 10.8 Å². The highest BCUT2D eigenvalue weighted by atomic mass is 32.2. The van der Waals surface area contributed by atoms with Crippen LogP contribution in [0.2, 0.25) is 0 Å². The smallest absolute Gasteiger partial charge is 0.422 e. The van der Waals surface area contributed by atoms with E-state index < -0.39 is 22.6 Å². The number of aliphatic imine (C=N–C) groups is 1. The Morgan fingerprint density at radius 2 is 1.77 bits per heavy atom. The van der Waals surface area contributed by atoms with Gasteiger partial charge in [-0.25, -0.2) is 13.4 Å². The molecule has 0 amide bonds. The van der Waals surface area contributed by atoms with Crippen molar-refractivity contribution in [2.75, 3.05) is 26.5 Å². The molecule has 0 radical (unpaired) electrons. The van der Waals surface area contributed by atoms with E-state index in [1.54, 1.807) is 37.4 Å². The van der Waals surface area contributed by atoms with Gasteiger partial charge in [0.05, 0.1) is 4.90 Å². The summed E-state index contributed by atoms with van der Waals surface area (Å²) in [7, 11) is -1.60. The minimum absolute atomic E-state index is 0.0968. The molecule has 0 fully saturated rings. The zero-order valence-electron chi connectivity index (χ0n) is 16.5. The van der Waals surface area contributed by atoms with E-state index >= 15 is 0 Å². The summed E-state index contributed by atoms with van der Waals surface area (Å²) >= 11 is 0. The van der Waals surface area contributed by atoms with Crippen molar-refractivity contribution in [3.05, 3.63) is 53.7 Å². The van der Waals surface area contributed by atoms with E-state index in [4.69, 9.17) is 0 Å². The number of halogens is 3. The van der Waals surface area contributed by atoms with Crippen LogP contribution in [0.3, 0.4) is 0 Å². The van der Waals surface area contributed by atoms with Crippen molar-refractivity contribution in [3.63, 3.8) is 0 Å². The molecule has 1 aromatic carbocycles. The normalized spacial score (nSPS) is 12.5. The third-order valence-electron chi connectivity index (χ3n) is 3.92. The van der Waals surface area contributed by atoms with Gasteiger partial charge >= 0.3 is 6.18 Å². The standard InChI is InChI=1S/C19H23F3N4O3S/c1-23-18(24-10-9-14-3-6-16(7-4-14)30(2,27)28)26-12-15-5-8-17(25-11-15)29-13-19(20,21)22/h3-8,11H,9-10,12-13H2,1-2H3,(H2,23,24,26). The Labute approximate surface area is 173 Å². The molecule has 0 atom stereocenters. The van der Waals surface area contributed by atoms with Gasteiger partial charge in [-0.3, -0.25) is 4.99 Å². The van der Waals surface area contributed by atoms with Crippen LogP contribution >= 0.6 is 0 Å². The molecule has 0 aliphatic heterocycles. The van der Waals surface area contributed by atoms with Crippen molar-refractivity contribution >= 4 is 15.8 Å². The molecule has 2 rings (SSSR count). The predicted octanol–water partition coefficient (Wildman–Crippen LogP) is 2.33. The monoisotopic (exact) mass is 444 g/mol. The first-order chi connectivity index (χ1) is 14.1. The van der Waals surface area contributed by atoms with Crippen LogP contribution in [0.4, 0.5) is 13.2 Å². The molecular weight excluding hydrogens is 421 g/mol. The topological polar surface area (TPSA) is 92.7 Å². The van der Waals surface area contributed by atoms with Gasteiger partial charge in [0.1, 0.15) is 0 Å². The van der Waals surface area contributed by atoms with Gasteiger partial charge < -0.3 is 15.4 Å². The Morgan fingerprint density at radius 1 is 1.10 bits per heavy atom. The maximum atomic E-state index is 12.1. The van der Waals surface area contributed by atoms with Gasteiger partial charge in [-0.2, -0.15) is 13.2 Å². The summed E-state index contributed by atoms with van der Waals surface area (Å²) in [6.07, 6.45) is -1.15. The minimum Gasteiger partial charge on any atom is -0.468 e. The van der Waals surface area contributed by atoms with Crippen LogP contribution < -0.4 is 15.4 Å². The largest absolute Gasteiger partial charge is 0.468 e. The zero-order chi connectivity index (χ0) is 22.2. The number of alkyl halides is 3. The first-order valence-corrected chi connectivity index (χ1v) is 10.8. The second-order valence-corrected chi connectivity index (χ2v) is 8.44. The van der Waals surface area contributed by atoms with Crippen LogP contribution in [-0.4, -0.2) is 52.0 Å². The molecule has 7 nitrogen and oxygen atoms in total. The lowest BCUT2D eigenvalue weighted by atomic mass is 10.1. The van der Waals surface area contributed by atoms with Crippen LogP contribution in [0.1, 0.15) is 11.1 Å². The van der Waals surface area contributed by atoms with Gasteiger partial charge in [0.15, 0.2) is 22.4 Å². The molecule has 164 valence electrons. The number of nitrogens with one attached hydrogen (secondary N) is 2. The van der Waals surface area contributed by atoms with E-state index in [0.29, 0.717) is 25.5 Å². The SMILES string of the molecule is CN=C(NCCc1ccc(S(C)(=O)=O)cc1)NCc1ccc(OCC(F)(F)F)nc1. The first-order valence-electron chi connectivity index (χ1n) is 8.95. The number of pyridine rings is 1. The summed E-state index contributed by atoms with van der Waals surface area (Å²) in [5.74, 6) is 0.445. The number of benzene rings is 1. The lowest BCUT2D eigenvalue weighted by Gasteiger charge is -2.12. The van der Waals surface area contributed by atoms with E-state index in [1.807, 2.05) is 0 Å². The maximum absolute atomic E-state index is 12.1. The van der Waals surface area contributed by atoms with Crippen LogP contribution in [0.5, 0.6) is 5.88 Å². The summed E-state index contributed by atoms with van der Waals surface area (Å²) in [6, 6.07) is 9.67. The lowest BCUT2D eigenvalue weighted by molar-refractivity contribution is -0.154. The van der Waals surface area contributed by atoms with Crippen molar-refractivity contribution < 1.29 is 26.3 Å². The second kappa shape index (κ2) is 10.3. The molecule has 11 heteroatoms. The fourth-order valence-electron chi connectivity index (χ4n) is 2.39. The third-order valence-corrected chi connectivity index (χ3v) is 5.05. The molecule has 1 heterocycles. The summed E-state index contributed by atoms with van der Waals surface area (Å²) in [4.78, 5) is 8.22. The number of hydrogen-bond acceptors (Lipinski definition) is 5. The maximum Gasteiger partial charge on any atom is 0.422 e.